The predicted octanol–water partition coefficient (Wildman–Crippen LogP) is 4.53. The maximum atomic E-state index is 13.3. The molecule has 1 saturated heterocycles. The standard InChI is InChI=1S/C25H31N3O3S/c1-3-20-17-28(22-6-4-5-7-23(22)31-20)25(30)27-14-12-19(13-15-27)24(29)26-16-18-8-10-21(32-2)11-9-18/h4-11,19-20H,3,12-17H2,1-2H3,(H,26,29)/t20-/m1/s1. The van der Waals surface area contributed by atoms with E-state index in [2.05, 4.69) is 36.5 Å². The first-order valence-corrected chi connectivity index (χ1v) is 12.5. The molecule has 2 aromatic carbocycles. The summed E-state index contributed by atoms with van der Waals surface area (Å²) >= 11 is 1.70. The molecule has 7 heteroatoms. The lowest BCUT2D eigenvalue weighted by Crippen LogP contribution is -2.52. The van der Waals surface area contributed by atoms with E-state index in [-0.39, 0.29) is 24.0 Å². The number of thioether (sulfide) groups is 1. The van der Waals surface area contributed by atoms with Crippen LogP contribution >= 0.6 is 11.8 Å². The van der Waals surface area contributed by atoms with Gasteiger partial charge in [0, 0.05) is 30.4 Å². The molecule has 1 fully saturated rings. The van der Waals surface area contributed by atoms with Crippen molar-refractivity contribution in [3.8, 4) is 5.75 Å². The molecule has 1 atom stereocenters. The summed E-state index contributed by atoms with van der Waals surface area (Å²) in [5.41, 5.74) is 1.93. The van der Waals surface area contributed by atoms with Crippen LogP contribution in [-0.4, -0.2) is 48.8 Å². The maximum absolute atomic E-state index is 13.3. The van der Waals surface area contributed by atoms with E-state index in [1.165, 1.54) is 4.90 Å². The Balaban J connectivity index is 1.31. The average molecular weight is 454 g/mol. The molecule has 0 saturated carbocycles. The Morgan fingerprint density at radius 1 is 1.09 bits per heavy atom. The number of amides is 3. The summed E-state index contributed by atoms with van der Waals surface area (Å²) < 4.78 is 6.01. The van der Waals surface area contributed by atoms with Crippen LogP contribution in [0.25, 0.3) is 0 Å². The zero-order valence-corrected chi connectivity index (χ0v) is 19.6. The fourth-order valence-corrected chi connectivity index (χ4v) is 4.68. The number of ether oxygens (including phenoxy) is 1. The van der Waals surface area contributed by atoms with Crippen molar-refractivity contribution < 1.29 is 14.3 Å². The van der Waals surface area contributed by atoms with Crippen molar-refractivity contribution in [3.63, 3.8) is 0 Å². The summed E-state index contributed by atoms with van der Waals surface area (Å²) in [6, 6.07) is 16.0. The van der Waals surface area contributed by atoms with Gasteiger partial charge in [-0.05, 0) is 55.3 Å². The molecule has 0 unspecified atom stereocenters. The van der Waals surface area contributed by atoms with Crippen LogP contribution in [0, 0.1) is 5.92 Å². The molecule has 6 nitrogen and oxygen atoms in total. The second-order valence-corrected chi connectivity index (χ2v) is 9.22. The zero-order valence-electron chi connectivity index (χ0n) is 18.8. The second-order valence-electron chi connectivity index (χ2n) is 8.34. The number of fused-ring (bicyclic) bond motifs is 1. The van der Waals surface area contributed by atoms with E-state index in [1.54, 1.807) is 11.8 Å². The minimum Gasteiger partial charge on any atom is -0.486 e. The number of nitrogens with one attached hydrogen (secondary N) is 1. The van der Waals surface area contributed by atoms with Gasteiger partial charge in [-0.3, -0.25) is 9.69 Å². The van der Waals surface area contributed by atoms with E-state index in [9.17, 15) is 9.59 Å². The number of anilines is 1. The van der Waals surface area contributed by atoms with E-state index < -0.39 is 0 Å². The molecule has 3 amide bonds. The normalized spacial score (nSPS) is 18.6. The maximum Gasteiger partial charge on any atom is 0.324 e. The highest BCUT2D eigenvalue weighted by atomic mass is 32.2. The van der Waals surface area contributed by atoms with Crippen molar-refractivity contribution >= 4 is 29.4 Å². The largest absolute Gasteiger partial charge is 0.486 e. The molecule has 2 heterocycles. The van der Waals surface area contributed by atoms with Crippen LogP contribution in [0.1, 0.15) is 31.7 Å². The van der Waals surface area contributed by atoms with E-state index in [4.69, 9.17) is 4.74 Å². The van der Waals surface area contributed by atoms with Gasteiger partial charge in [0.1, 0.15) is 11.9 Å². The summed E-state index contributed by atoms with van der Waals surface area (Å²) in [5.74, 6) is 0.789. The number of hydrogen-bond acceptors (Lipinski definition) is 4. The smallest absolute Gasteiger partial charge is 0.324 e. The van der Waals surface area contributed by atoms with Crippen LogP contribution in [0.15, 0.2) is 53.4 Å². The number of hydrogen-bond donors (Lipinski definition) is 1. The first-order chi connectivity index (χ1) is 15.6. The summed E-state index contributed by atoms with van der Waals surface area (Å²) in [4.78, 5) is 30.9. The molecular formula is C25H31N3O3S. The summed E-state index contributed by atoms with van der Waals surface area (Å²) in [6.07, 6.45) is 4.27. The Bertz CT molecular complexity index is 942. The fraction of sp³-hybridized carbons (Fsp3) is 0.440. The Hall–Kier alpha value is -2.67. The molecule has 2 aromatic rings. The van der Waals surface area contributed by atoms with Gasteiger partial charge in [-0.1, -0.05) is 31.2 Å². The van der Waals surface area contributed by atoms with Crippen LogP contribution in [0.2, 0.25) is 0 Å². The minimum atomic E-state index is -0.0510. The highest BCUT2D eigenvalue weighted by Crippen LogP contribution is 2.35. The number of likely N-dealkylation sites (tertiary alicyclic amines) is 1. The number of carbonyl (C=O) groups excluding carboxylic acids is 2. The van der Waals surface area contributed by atoms with E-state index in [1.807, 2.05) is 40.3 Å². The Morgan fingerprint density at radius 2 is 1.81 bits per heavy atom. The van der Waals surface area contributed by atoms with Crippen molar-refractivity contribution in [2.45, 2.75) is 43.7 Å². The Kier molecular flexibility index (Phi) is 7.25. The summed E-state index contributed by atoms with van der Waals surface area (Å²) in [5, 5.41) is 3.06. The van der Waals surface area contributed by atoms with Crippen LogP contribution in [0.5, 0.6) is 5.75 Å². The summed E-state index contributed by atoms with van der Waals surface area (Å²) in [6.45, 7) is 4.35. The monoisotopic (exact) mass is 453 g/mol. The molecular weight excluding hydrogens is 422 g/mol. The third kappa shape index (κ3) is 5.04. The van der Waals surface area contributed by atoms with Gasteiger partial charge in [0.05, 0.1) is 12.2 Å². The molecule has 0 bridgehead atoms. The molecule has 1 N–H and O–H groups in total. The van der Waals surface area contributed by atoms with Crippen molar-refractivity contribution in [2.24, 2.45) is 5.92 Å². The highest BCUT2D eigenvalue weighted by Gasteiger charge is 2.34. The topological polar surface area (TPSA) is 61.9 Å². The van der Waals surface area contributed by atoms with Crippen molar-refractivity contribution in [1.82, 2.24) is 10.2 Å². The third-order valence-corrected chi connectivity index (χ3v) is 7.03. The lowest BCUT2D eigenvalue weighted by molar-refractivity contribution is -0.126. The van der Waals surface area contributed by atoms with Gasteiger partial charge >= 0.3 is 6.03 Å². The quantitative estimate of drug-likeness (QED) is 0.676. The highest BCUT2D eigenvalue weighted by molar-refractivity contribution is 7.98. The molecule has 0 aliphatic carbocycles. The second kappa shape index (κ2) is 10.3. The molecule has 0 radical (unpaired) electrons. The molecule has 2 aliphatic rings. The van der Waals surface area contributed by atoms with E-state index >= 15 is 0 Å². The number of nitrogens with zero attached hydrogens (tertiary/aromatic N) is 2. The van der Waals surface area contributed by atoms with Crippen molar-refractivity contribution in [3.05, 3.63) is 54.1 Å². The molecule has 0 spiro atoms. The van der Waals surface area contributed by atoms with Crippen LogP contribution in [0.4, 0.5) is 10.5 Å². The number of urea groups is 1. The van der Waals surface area contributed by atoms with Gasteiger partial charge in [0.15, 0.2) is 0 Å². The molecule has 32 heavy (non-hydrogen) atoms. The number of carbonyl (C=O) groups is 2. The average Bonchev–Trinajstić information content (AvgIpc) is 2.86. The van der Waals surface area contributed by atoms with Gasteiger partial charge in [0.2, 0.25) is 5.91 Å². The van der Waals surface area contributed by atoms with Gasteiger partial charge < -0.3 is 15.0 Å². The fourth-order valence-electron chi connectivity index (χ4n) is 4.27. The van der Waals surface area contributed by atoms with Gasteiger partial charge in [-0.15, -0.1) is 11.8 Å². The minimum absolute atomic E-state index is 0.00199. The van der Waals surface area contributed by atoms with Gasteiger partial charge in [0.25, 0.3) is 0 Å². The zero-order chi connectivity index (χ0) is 22.5. The predicted molar refractivity (Wildman–Crippen MR) is 128 cm³/mol. The summed E-state index contributed by atoms with van der Waals surface area (Å²) in [7, 11) is 0. The van der Waals surface area contributed by atoms with Crippen LogP contribution in [0.3, 0.4) is 0 Å². The first kappa shape index (κ1) is 22.5. The number of benzene rings is 2. The number of para-hydroxylation sites is 2. The number of piperidine rings is 1. The van der Waals surface area contributed by atoms with E-state index in [0.29, 0.717) is 39.0 Å². The van der Waals surface area contributed by atoms with Crippen LogP contribution < -0.4 is 15.0 Å². The molecule has 2 aliphatic heterocycles. The van der Waals surface area contributed by atoms with E-state index in [0.717, 1.165) is 23.4 Å². The lowest BCUT2D eigenvalue weighted by Gasteiger charge is -2.39. The van der Waals surface area contributed by atoms with Crippen LogP contribution in [-0.2, 0) is 11.3 Å². The number of rotatable bonds is 5. The van der Waals surface area contributed by atoms with Gasteiger partial charge in [-0.25, -0.2) is 4.79 Å². The Labute approximate surface area is 194 Å². The Morgan fingerprint density at radius 3 is 2.50 bits per heavy atom. The first-order valence-electron chi connectivity index (χ1n) is 11.3. The SMILES string of the molecule is CC[C@@H]1CN(C(=O)N2CCC(C(=O)NCc3ccc(SC)cc3)CC2)c2ccccc2O1. The molecule has 0 aromatic heterocycles. The molecule has 170 valence electrons. The van der Waals surface area contributed by atoms with Crippen molar-refractivity contribution in [2.75, 3.05) is 30.8 Å². The third-order valence-electron chi connectivity index (χ3n) is 6.28. The van der Waals surface area contributed by atoms with Crippen molar-refractivity contribution in [1.29, 1.82) is 0 Å². The molecule has 4 rings (SSSR count). The van der Waals surface area contributed by atoms with Gasteiger partial charge in [-0.2, -0.15) is 0 Å². The lowest BCUT2D eigenvalue weighted by atomic mass is 9.96.